The van der Waals surface area contributed by atoms with Gasteiger partial charge in [0.05, 0.1) is 17.4 Å². The normalized spacial score (nSPS) is 20.6. The Labute approximate surface area is 189 Å². The molecule has 4 heteroatoms. The lowest BCUT2D eigenvalue weighted by Gasteiger charge is -2.38. The number of urea groups is 1. The molecule has 0 aromatic heterocycles. The second-order valence-corrected chi connectivity index (χ2v) is 9.42. The van der Waals surface area contributed by atoms with Crippen molar-refractivity contribution in [2.45, 2.75) is 31.7 Å². The summed E-state index contributed by atoms with van der Waals surface area (Å²) in [6, 6.07) is 27.5. The number of rotatable bonds is 4. The number of hydrogen-bond acceptors (Lipinski definition) is 2. The fourth-order valence-corrected chi connectivity index (χ4v) is 5.21. The molecule has 1 N–H and O–H groups in total. The first kappa shape index (κ1) is 19.3. The highest BCUT2D eigenvalue weighted by atomic mass is 16.2. The van der Waals surface area contributed by atoms with Crippen molar-refractivity contribution in [2.75, 3.05) is 13.1 Å². The lowest BCUT2D eigenvalue weighted by Crippen LogP contribution is -2.52. The lowest BCUT2D eigenvalue weighted by molar-refractivity contribution is 0.133. The molecule has 3 aromatic carbocycles. The van der Waals surface area contributed by atoms with E-state index in [1.165, 1.54) is 24.0 Å². The fourth-order valence-electron chi connectivity index (χ4n) is 5.21. The summed E-state index contributed by atoms with van der Waals surface area (Å²) in [5.74, 6) is 0. The van der Waals surface area contributed by atoms with Crippen molar-refractivity contribution in [3.8, 4) is 0 Å². The van der Waals surface area contributed by atoms with Crippen molar-refractivity contribution in [1.29, 1.82) is 0 Å². The van der Waals surface area contributed by atoms with E-state index in [1.807, 2.05) is 12.1 Å². The summed E-state index contributed by atoms with van der Waals surface area (Å²) in [5, 5.41) is 3.13. The highest BCUT2D eigenvalue weighted by Gasteiger charge is 2.49. The number of fused-ring (bicyclic) bond motifs is 1. The van der Waals surface area contributed by atoms with Gasteiger partial charge in [-0.05, 0) is 48.9 Å². The van der Waals surface area contributed by atoms with E-state index in [1.54, 1.807) is 0 Å². The van der Waals surface area contributed by atoms with Gasteiger partial charge >= 0.3 is 6.03 Å². The smallest absolute Gasteiger partial charge is 0.317 e. The highest BCUT2D eigenvalue weighted by molar-refractivity contribution is 6.13. The summed E-state index contributed by atoms with van der Waals surface area (Å²) in [6.45, 7) is 1.74. The summed E-state index contributed by atoms with van der Waals surface area (Å²) < 4.78 is 0. The SMILES string of the molecule is O=C1NCC2(CC2)CN1[C@@H]1CCc2cc(N=C(c3ccccc3)c3ccccc3)ccc21. The Balaban J connectivity index is 1.33. The zero-order valence-corrected chi connectivity index (χ0v) is 18.1. The van der Waals surface area contributed by atoms with Crippen molar-refractivity contribution < 1.29 is 4.79 Å². The van der Waals surface area contributed by atoms with Crippen molar-refractivity contribution in [3.63, 3.8) is 0 Å². The van der Waals surface area contributed by atoms with Crippen LogP contribution in [0.25, 0.3) is 0 Å². The van der Waals surface area contributed by atoms with Crippen LogP contribution >= 0.6 is 0 Å². The molecule has 4 nitrogen and oxygen atoms in total. The molecule has 6 rings (SSSR count). The molecule has 1 heterocycles. The molecule has 2 amide bonds. The Morgan fingerprint density at radius 1 is 0.938 bits per heavy atom. The van der Waals surface area contributed by atoms with E-state index in [9.17, 15) is 4.79 Å². The van der Waals surface area contributed by atoms with E-state index < -0.39 is 0 Å². The molecule has 0 bridgehead atoms. The van der Waals surface area contributed by atoms with Crippen LogP contribution in [0.5, 0.6) is 0 Å². The quantitative estimate of drug-likeness (QED) is 0.544. The van der Waals surface area contributed by atoms with E-state index in [-0.39, 0.29) is 12.1 Å². The summed E-state index contributed by atoms with van der Waals surface area (Å²) in [6.07, 6.45) is 4.46. The molecule has 3 aromatic rings. The van der Waals surface area contributed by atoms with Gasteiger partial charge in [0.1, 0.15) is 0 Å². The van der Waals surface area contributed by atoms with E-state index in [4.69, 9.17) is 4.99 Å². The van der Waals surface area contributed by atoms with Crippen molar-refractivity contribution in [3.05, 3.63) is 101 Å². The molecular weight excluding hydrogens is 394 g/mol. The number of nitrogens with zero attached hydrogens (tertiary/aromatic N) is 2. The minimum atomic E-state index is 0.0953. The van der Waals surface area contributed by atoms with Crippen LogP contribution in [0.3, 0.4) is 0 Å². The Hall–Kier alpha value is -3.40. The highest BCUT2D eigenvalue weighted by Crippen LogP contribution is 2.49. The minimum absolute atomic E-state index is 0.0953. The predicted molar refractivity (Wildman–Crippen MR) is 127 cm³/mol. The maximum atomic E-state index is 12.6. The van der Waals surface area contributed by atoms with Gasteiger partial charge in [0.25, 0.3) is 0 Å². The van der Waals surface area contributed by atoms with E-state index in [2.05, 4.69) is 76.9 Å². The van der Waals surface area contributed by atoms with Gasteiger partial charge in [-0.1, -0.05) is 66.7 Å². The number of carbonyl (C=O) groups is 1. The van der Waals surface area contributed by atoms with Gasteiger partial charge in [-0.25, -0.2) is 9.79 Å². The topological polar surface area (TPSA) is 44.7 Å². The van der Waals surface area contributed by atoms with E-state index in [0.29, 0.717) is 5.41 Å². The van der Waals surface area contributed by atoms with E-state index >= 15 is 0 Å². The zero-order valence-electron chi connectivity index (χ0n) is 18.1. The Morgan fingerprint density at radius 2 is 1.62 bits per heavy atom. The molecule has 2 aliphatic carbocycles. The van der Waals surface area contributed by atoms with Gasteiger partial charge in [-0.2, -0.15) is 0 Å². The van der Waals surface area contributed by atoms with Gasteiger partial charge in [-0.15, -0.1) is 0 Å². The third kappa shape index (κ3) is 3.50. The van der Waals surface area contributed by atoms with Crippen LogP contribution in [0.15, 0.2) is 83.9 Å². The number of amides is 2. The zero-order chi connectivity index (χ0) is 21.5. The summed E-state index contributed by atoms with van der Waals surface area (Å²) in [7, 11) is 0. The maximum absolute atomic E-state index is 12.6. The molecule has 0 radical (unpaired) electrons. The largest absolute Gasteiger partial charge is 0.337 e. The van der Waals surface area contributed by atoms with Crippen LogP contribution in [0.1, 0.15) is 47.6 Å². The predicted octanol–water partition coefficient (Wildman–Crippen LogP) is 5.65. The van der Waals surface area contributed by atoms with Gasteiger partial charge in [0.2, 0.25) is 0 Å². The van der Waals surface area contributed by atoms with Gasteiger partial charge in [-0.3, -0.25) is 0 Å². The Kier molecular flexibility index (Phi) is 4.60. The summed E-state index contributed by atoms with van der Waals surface area (Å²) in [5.41, 5.74) is 7.10. The van der Waals surface area contributed by atoms with Crippen LogP contribution in [0.2, 0.25) is 0 Å². The Bertz CT molecular complexity index is 1140. The molecule has 2 fully saturated rings. The molecule has 1 aliphatic heterocycles. The van der Waals surface area contributed by atoms with Crippen LogP contribution in [-0.4, -0.2) is 29.7 Å². The molecule has 160 valence electrons. The number of hydrogen-bond donors (Lipinski definition) is 1. The molecule has 1 saturated carbocycles. The van der Waals surface area contributed by atoms with Gasteiger partial charge in [0.15, 0.2) is 0 Å². The Morgan fingerprint density at radius 3 is 2.28 bits per heavy atom. The first-order chi connectivity index (χ1) is 15.7. The monoisotopic (exact) mass is 421 g/mol. The minimum Gasteiger partial charge on any atom is -0.337 e. The first-order valence-electron chi connectivity index (χ1n) is 11.6. The molecule has 3 aliphatic rings. The van der Waals surface area contributed by atoms with Crippen molar-refractivity contribution in [1.82, 2.24) is 10.2 Å². The molecule has 0 unspecified atom stereocenters. The third-order valence-corrected chi connectivity index (χ3v) is 7.22. The number of aryl methyl sites for hydroxylation is 1. The third-order valence-electron chi connectivity index (χ3n) is 7.22. The van der Waals surface area contributed by atoms with Crippen molar-refractivity contribution in [2.24, 2.45) is 10.4 Å². The lowest BCUT2D eigenvalue weighted by atomic mass is 10.00. The number of aliphatic imine (C=N–C) groups is 1. The number of carbonyl (C=O) groups excluding carboxylic acids is 1. The molecule has 1 atom stereocenters. The molecule has 1 saturated heterocycles. The van der Waals surface area contributed by atoms with Crippen LogP contribution in [-0.2, 0) is 6.42 Å². The fraction of sp³-hybridized carbons (Fsp3) is 0.286. The summed E-state index contributed by atoms with van der Waals surface area (Å²) >= 11 is 0. The second-order valence-electron chi connectivity index (χ2n) is 9.42. The molecular formula is C28H27N3O. The average Bonchev–Trinajstić information content (AvgIpc) is 3.47. The average molecular weight is 422 g/mol. The maximum Gasteiger partial charge on any atom is 0.317 e. The first-order valence-corrected chi connectivity index (χ1v) is 11.6. The number of nitrogens with one attached hydrogen (secondary N) is 1. The number of benzene rings is 3. The second kappa shape index (κ2) is 7.63. The van der Waals surface area contributed by atoms with Crippen LogP contribution in [0.4, 0.5) is 10.5 Å². The summed E-state index contributed by atoms with van der Waals surface area (Å²) in [4.78, 5) is 19.8. The molecule has 32 heavy (non-hydrogen) atoms. The van der Waals surface area contributed by atoms with Crippen LogP contribution < -0.4 is 5.32 Å². The van der Waals surface area contributed by atoms with Gasteiger partial charge < -0.3 is 10.2 Å². The standard InChI is InChI=1S/C28H27N3O/c32-27-29-18-28(15-16-28)19-31(27)25-14-11-22-17-23(12-13-24(22)25)30-26(20-7-3-1-4-8-20)21-9-5-2-6-10-21/h1-10,12-13,17,25H,11,14-16,18-19H2,(H,29,32)/t25-/m1/s1. The van der Waals surface area contributed by atoms with Crippen molar-refractivity contribution >= 4 is 17.4 Å². The van der Waals surface area contributed by atoms with E-state index in [0.717, 1.165) is 48.5 Å². The van der Waals surface area contributed by atoms with Gasteiger partial charge in [0, 0.05) is 29.6 Å². The molecule has 1 spiro atoms. The van der Waals surface area contributed by atoms with Crippen LogP contribution in [0, 0.1) is 5.41 Å².